The molecule has 0 aromatic heterocycles. The van der Waals surface area contributed by atoms with Gasteiger partial charge in [-0.2, -0.15) is 5.10 Å². The van der Waals surface area contributed by atoms with Gasteiger partial charge in [0.1, 0.15) is 6.61 Å². The molecule has 0 atom stereocenters. The van der Waals surface area contributed by atoms with Crippen molar-refractivity contribution in [2.24, 2.45) is 5.10 Å². The van der Waals surface area contributed by atoms with Crippen LogP contribution < -0.4 is 19.8 Å². The molecule has 0 aliphatic carbocycles. The molecule has 1 amide bonds. The Balaban J connectivity index is 1.41. The number of ether oxygens (including phenoxy) is 2. The fraction of sp³-hybridized carbons (Fsp3) is 0.259. The van der Waals surface area contributed by atoms with Gasteiger partial charge in [-0.05, 0) is 67.8 Å². The van der Waals surface area contributed by atoms with Crippen LogP contribution in [0.5, 0.6) is 11.5 Å². The zero-order valence-electron chi connectivity index (χ0n) is 19.5. The topological polar surface area (TPSA) is 63.2 Å². The van der Waals surface area contributed by atoms with Gasteiger partial charge in [0.05, 0.1) is 17.8 Å². The molecule has 1 aliphatic heterocycles. The van der Waals surface area contributed by atoms with Gasteiger partial charge in [0.15, 0.2) is 11.5 Å². The number of hydrogen-bond donors (Lipinski definition) is 1. The molecule has 1 saturated heterocycles. The lowest BCUT2D eigenvalue weighted by Crippen LogP contribution is -2.19. The molecule has 0 bridgehead atoms. The summed E-state index contributed by atoms with van der Waals surface area (Å²) in [5, 5.41) is 5.07. The van der Waals surface area contributed by atoms with Crippen LogP contribution in [-0.4, -0.2) is 31.8 Å². The van der Waals surface area contributed by atoms with Gasteiger partial charge >= 0.3 is 0 Å². The van der Waals surface area contributed by atoms with Crippen molar-refractivity contribution < 1.29 is 14.3 Å². The molecule has 182 valence electrons. The number of hydrogen-bond acceptors (Lipinski definition) is 5. The van der Waals surface area contributed by atoms with Crippen LogP contribution in [0.15, 0.2) is 65.8 Å². The molecule has 0 unspecified atom stereocenters. The average molecular weight is 512 g/mol. The highest BCUT2D eigenvalue weighted by Crippen LogP contribution is 2.37. The first-order valence-corrected chi connectivity index (χ1v) is 12.3. The second-order valence-corrected chi connectivity index (χ2v) is 8.90. The first kappa shape index (κ1) is 24.9. The summed E-state index contributed by atoms with van der Waals surface area (Å²) in [6, 6.07) is 18.5. The average Bonchev–Trinajstić information content (AvgIpc) is 3.40. The van der Waals surface area contributed by atoms with E-state index in [1.807, 2.05) is 49.4 Å². The SMILES string of the molecule is CCOc1cc(/C=N\NC(=O)c2ccc(N3CCCC3)cc2)cc(Cl)c1OCc1ccccc1Cl. The normalized spacial score (nSPS) is 13.3. The van der Waals surface area contributed by atoms with Gasteiger partial charge in [-0.3, -0.25) is 4.79 Å². The van der Waals surface area contributed by atoms with Gasteiger partial charge in [0, 0.05) is 34.9 Å². The van der Waals surface area contributed by atoms with Crippen LogP contribution in [0.3, 0.4) is 0 Å². The fourth-order valence-corrected chi connectivity index (χ4v) is 4.32. The quantitative estimate of drug-likeness (QED) is 0.269. The van der Waals surface area contributed by atoms with Crippen LogP contribution >= 0.6 is 23.2 Å². The van der Waals surface area contributed by atoms with Crippen molar-refractivity contribution >= 4 is 41.0 Å². The lowest BCUT2D eigenvalue weighted by atomic mass is 10.2. The number of amides is 1. The smallest absolute Gasteiger partial charge is 0.271 e. The highest BCUT2D eigenvalue weighted by molar-refractivity contribution is 6.32. The molecular formula is C27H27Cl2N3O3. The van der Waals surface area contributed by atoms with E-state index in [1.165, 1.54) is 19.1 Å². The number of benzene rings is 3. The molecule has 0 spiro atoms. The predicted octanol–water partition coefficient (Wildman–Crippen LogP) is 6.34. The van der Waals surface area contributed by atoms with Crippen LogP contribution in [0, 0.1) is 0 Å². The summed E-state index contributed by atoms with van der Waals surface area (Å²) >= 11 is 12.7. The summed E-state index contributed by atoms with van der Waals surface area (Å²) in [5.74, 6) is 0.620. The highest BCUT2D eigenvalue weighted by Gasteiger charge is 2.14. The van der Waals surface area contributed by atoms with Crippen molar-refractivity contribution in [1.82, 2.24) is 5.43 Å². The van der Waals surface area contributed by atoms with Crippen molar-refractivity contribution in [3.8, 4) is 11.5 Å². The van der Waals surface area contributed by atoms with Gasteiger partial charge in [0.25, 0.3) is 5.91 Å². The summed E-state index contributed by atoms with van der Waals surface area (Å²) in [4.78, 5) is 14.8. The number of anilines is 1. The third-order valence-corrected chi connectivity index (χ3v) is 6.29. The molecule has 0 radical (unpaired) electrons. The standard InChI is InChI=1S/C27H27Cl2N3O3/c1-2-34-25-16-19(15-24(29)26(25)35-18-21-7-3-4-8-23(21)28)17-30-31-27(33)20-9-11-22(12-10-20)32-13-5-6-14-32/h3-4,7-12,15-17H,2,5-6,13-14,18H2,1H3,(H,31,33)/b30-17-. The van der Waals surface area contributed by atoms with E-state index in [2.05, 4.69) is 15.4 Å². The zero-order valence-corrected chi connectivity index (χ0v) is 21.0. The summed E-state index contributed by atoms with van der Waals surface area (Å²) in [6.45, 7) is 4.68. The third kappa shape index (κ3) is 6.47. The van der Waals surface area contributed by atoms with Crippen LogP contribution in [0.25, 0.3) is 0 Å². The number of rotatable bonds is 9. The molecule has 3 aromatic carbocycles. The Hall–Kier alpha value is -3.22. The van der Waals surface area contributed by atoms with Gasteiger partial charge < -0.3 is 14.4 Å². The van der Waals surface area contributed by atoms with E-state index in [1.54, 1.807) is 18.2 Å². The molecule has 4 rings (SSSR count). The number of carbonyl (C=O) groups is 1. The summed E-state index contributed by atoms with van der Waals surface area (Å²) in [5.41, 5.74) is 5.74. The van der Waals surface area contributed by atoms with E-state index in [0.717, 1.165) is 24.3 Å². The van der Waals surface area contributed by atoms with E-state index in [-0.39, 0.29) is 12.5 Å². The van der Waals surface area contributed by atoms with Gasteiger partial charge in [0.2, 0.25) is 0 Å². The minimum atomic E-state index is -0.287. The largest absolute Gasteiger partial charge is 0.490 e. The van der Waals surface area contributed by atoms with E-state index in [9.17, 15) is 4.79 Å². The van der Waals surface area contributed by atoms with E-state index in [0.29, 0.717) is 39.3 Å². The Morgan fingerprint density at radius 3 is 2.49 bits per heavy atom. The monoisotopic (exact) mass is 511 g/mol. The van der Waals surface area contributed by atoms with Crippen molar-refractivity contribution in [3.05, 3.63) is 87.4 Å². The van der Waals surface area contributed by atoms with E-state index < -0.39 is 0 Å². The van der Waals surface area contributed by atoms with Gasteiger partial charge in [-0.15, -0.1) is 0 Å². The van der Waals surface area contributed by atoms with Crippen LogP contribution in [0.1, 0.15) is 41.3 Å². The molecule has 8 heteroatoms. The molecule has 1 fully saturated rings. The summed E-state index contributed by atoms with van der Waals surface area (Å²) in [7, 11) is 0. The Morgan fingerprint density at radius 2 is 1.77 bits per heavy atom. The second-order valence-electron chi connectivity index (χ2n) is 8.08. The van der Waals surface area contributed by atoms with E-state index >= 15 is 0 Å². The van der Waals surface area contributed by atoms with Gasteiger partial charge in [-0.1, -0.05) is 41.4 Å². The van der Waals surface area contributed by atoms with E-state index in [4.69, 9.17) is 32.7 Å². The number of nitrogens with one attached hydrogen (secondary N) is 1. The minimum absolute atomic E-state index is 0.250. The maximum absolute atomic E-state index is 12.5. The predicted molar refractivity (Wildman–Crippen MR) is 141 cm³/mol. The number of hydrazone groups is 1. The van der Waals surface area contributed by atoms with Crippen molar-refractivity contribution in [1.29, 1.82) is 0 Å². The molecule has 3 aromatic rings. The summed E-state index contributed by atoms with van der Waals surface area (Å²) < 4.78 is 11.7. The molecule has 1 N–H and O–H groups in total. The third-order valence-electron chi connectivity index (χ3n) is 5.64. The molecule has 6 nitrogen and oxygen atoms in total. The Morgan fingerprint density at radius 1 is 1.03 bits per heavy atom. The number of halogens is 2. The van der Waals surface area contributed by atoms with Crippen LogP contribution in [0.4, 0.5) is 5.69 Å². The Labute approximate surface area is 215 Å². The first-order chi connectivity index (χ1) is 17.0. The zero-order chi connectivity index (χ0) is 24.6. The van der Waals surface area contributed by atoms with Crippen LogP contribution in [-0.2, 0) is 6.61 Å². The molecule has 1 aliphatic rings. The molecule has 1 heterocycles. The molecule has 0 saturated carbocycles. The maximum Gasteiger partial charge on any atom is 0.271 e. The lowest BCUT2D eigenvalue weighted by Gasteiger charge is -2.17. The number of carbonyl (C=O) groups excluding carboxylic acids is 1. The Bertz CT molecular complexity index is 1190. The minimum Gasteiger partial charge on any atom is -0.490 e. The summed E-state index contributed by atoms with van der Waals surface area (Å²) in [6.07, 6.45) is 3.93. The second kappa shape index (κ2) is 12.0. The van der Waals surface area contributed by atoms with Crippen molar-refractivity contribution in [2.45, 2.75) is 26.4 Å². The highest BCUT2D eigenvalue weighted by atomic mass is 35.5. The fourth-order valence-electron chi connectivity index (χ4n) is 3.86. The first-order valence-electron chi connectivity index (χ1n) is 11.6. The molecule has 35 heavy (non-hydrogen) atoms. The van der Waals surface area contributed by atoms with Crippen molar-refractivity contribution in [3.63, 3.8) is 0 Å². The van der Waals surface area contributed by atoms with Gasteiger partial charge in [-0.25, -0.2) is 5.43 Å². The molecular weight excluding hydrogens is 485 g/mol. The number of nitrogens with zero attached hydrogens (tertiary/aromatic N) is 2. The van der Waals surface area contributed by atoms with Crippen LogP contribution in [0.2, 0.25) is 10.0 Å². The maximum atomic E-state index is 12.5. The van der Waals surface area contributed by atoms with Crippen molar-refractivity contribution in [2.75, 3.05) is 24.6 Å². The Kier molecular flexibility index (Phi) is 8.50. The lowest BCUT2D eigenvalue weighted by molar-refractivity contribution is 0.0955.